The Bertz CT molecular complexity index is 752. The number of amides is 1. The summed E-state index contributed by atoms with van der Waals surface area (Å²) in [6.07, 6.45) is 0. The van der Waals surface area contributed by atoms with Gasteiger partial charge in [0.25, 0.3) is 5.56 Å². The maximum Gasteiger partial charge on any atom is 0.253 e. The van der Waals surface area contributed by atoms with Gasteiger partial charge in [-0.15, -0.1) is 0 Å². The highest BCUT2D eigenvalue weighted by Crippen LogP contribution is 2.16. The van der Waals surface area contributed by atoms with Crippen molar-refractivity contribution in [3.63, 3.8) is 0 Å². The number of nitrogen functional groups attached to an aromatic ring is 1. The zero-order valence-corrected chi connectivity index (χ0v) is 12.5. The number of hydrogen-bond acceptors (Lipinski definition) is 7. The van der Waals surface area contributed by atoms with E-state index in [1.165, 1.54) is 13.0 Å². The van der Waals surface area contributed by atoms with Gasteiger partial charge in [-0.25, -0.2) is 4.98 Å². The molecule has 0 aromatic carbocycles. The lowest BCUT2D eigenvalue weighted by Crippen LogP contribution is -2.18. The Hall–Kier alpha value is -2.55. The van der Waals surface area contributed by atoms with Crippen LogP contribution in [0.25, 0.3) is 0 Å². The molecule has 0 aliphatic heterocycles. The molecule has 2 aromatic rings. The van der Waals surface area contributed by atoms with E-state index in [0.29, 0.717) is 5.76 Å². The lowest BCUT2D eigenvalue weighted by Gasteiger charge is -2.00. The van der Waals surface area contributed by atoms with Crippen molar-refractivity contribution in [2.24, 2.45) is 0 Å². The van der Waals surface area contributed by atoms with E-state index < -0.39 is 0 Å². The number of rotatable bonds is 6. The summed E-state index contributed by atoms with van der Waals surface area (Å²) < 4.78 is 5.34. The molecule has 0 aliphatic rings. The van der Waals surface area contributed by atoms with Gasteiger partial charge >= 0.3 is 0 Å². The van der Waals surface area contributed by atoms with Gasteiger partial charge in [-0.2, -0.15) is 0 Å². The second-order valence-electron chi connectivity index (χ2n) is 4.36. The number of anilines is 1. The Kier molecular flexibility index (Phi) is 4.99. The Morgan fingerprint density at radius 2 is 2.23 bits per heavy atom. The zero-order valence-electron chi connectivity index (χ0n) is 11.7. The number of nitrogens with zero attached hydrogens (tertiary/aromatic N) is 1. The molecule has 9 heteroatoms. The van der Waals surface area contributed by atoms with E-state index in [0.717, 1.165) is 17.8 Å². The molecule has 0 spiro atoms. The maximum absolute atomic E-state index is 12.0. The third-order valence-corrected chi connectivity index (χ3v) is 3.40. The molecular weight excluding hydrogens is 308 g/mol. The standard InChI is InChI=1S/C13H14N4O4S/c1-7(18)15-5-8-2-3-10(21-8)9(19)6-22-13-16-11(14)4-12(20)17-13/h2-4H,5-6H2,1H3,(H,15,18)(H3,14,16,17,20). The molecule has 0 saturated carbocycles. The van der Waals surface area contributed by atoms with Crippen molar-refractivity contribution in [1.82, 2.24) is 15.3 Å². The first kappa shape index (κ1) is 15.8. The average molecular weight is 322 g/mol. The summed E-state index contributed by atoms with van der Waals surface area (Å²) in [4.78, 5) is 40.4. The highest BCUT2D eigenvalue weighted by atomic mass is 32.2. The summed E-state index contributed by atoms with van der Waals surface area (Å²) >= 11 is 1.05. The van der Waals surface area contributed by atoms with Crippen molar-refractivity contribution < 1.29 is 14.0 Å². The number of furan rings is 1. The van der Waals surface area contributed by atoms with Crippen LogP contribution < -0.4 is 16.6 Å². The van der Waals surface area contributed by atoms with Crippen molar-refractivity contribution >= 4 is 29.3 Å². The maximum atomic E-state index is 12.0. The predicted molar refractivity (Wildman–Crippen MR) is 80.6 cm³/mol. The second kappa shape index (κ2) is 6.94. The van der Waals surface area contributed by atoms with Crippen molar-refractivity contribution in [3.8, 4) is 0 Å². The number of thioether (sulfide) groups is 1. The van der Waals surface area contributed by atoms with E-state index in [-0.39, 0.29) is 46.3 Å². The molecule has 0 aliphatic carbocycles. The summed E-state index contributed by atoms with van der Waals surface area (Å²) in [6.45, 7) is 1.62. The molecule has 0 unspecified atom stereocenters. The van der Waals surface area contributed by atoms with Gasteiger partial charge in [0.1, 0.15) is 11.6 Å². The van der Waals surface area contributed by atoms with E-state index >= 15 is 0 Å². The lowest BCUT2D eigenvalue weighted by atomic mass is 10.3. The fourth-order valence-corrected chi connectivity index (χ4v) is 2.31. The fraction of sp³-hybridized carbons (Fsp3) is 0.231. The van der Waals surface area contributed by atoms with Crippen molar-refractivity contribution in [2.45, 2.75) is 18.6 Å². The van der Waals surface area contributed by atoms with Crippen LogP contribution in [0.15, 0.2) is 32.6 Å². The molecule has 2 heterocycles. The third kappa shape index (κ3) is 4.48. The summed E-state index contributed by atoms with van der Waals surface area (Å²) in [6, 6.07) is 4.32. The molecule has 0 fully saturated rings. The lowest BCUT2D eigenvalue weighted by molar-refractivity contribution is -0.119. The van der Waals surface area contributed by atoms with Crippen LogP contribution in [-0.4, -0.2) is 27.4 Å². The van der Waals surface area contributed by atoms with Crippen molar-refractivity contribution in [1.29, 1.82) is 0 Å². The number of ketones is 1. The Balaban J connectivity index is 1.94. The van der Waals surface area contributed by atoms with E-state index in [2.05, 4.69) is 15.3 Å². The first-order valence-corrected chi connectivity index (χ1v) is 7.28. The van der Waals surface area contributed by atoms with Crippen LogP contribution in [0.3, 0.4) is 0 Å². The van der Waals surface area contributed by atoms with Crippen LogP contribution in [0.5, 0.6) is 0 Å². The Labute approximate surface area is 129 Å². The second-order valence-corrected chi connectivity index (χ2v) is 5.33. The van der Waals surface area contributed by atoms with Gasteiger partial charge in [0.15, 0.2) is 10.9 Å². The Morgan fingerprint density at radius 1 is 1.45 bits per heavy atom. The monoisotopic (exact) mass is 322 g/mol. The number of aromatic amines is 1. The summed E-state index contributed by atoms with van der Waals surface area (Å²) in [5, 5.41) is 2.84. The van der Waals surface area contributed by atoms with Gasteiger partial charge in [0.05, 0.1) is 12.3 Å². The summed E-state index contributed by atoms with van der Waals surface area (Å²) in [5.41, 5.74) is 5.08. The van der Waals surface area contributed by atoms with Crippen LogP contribution in [0.1, 0.15) is 23.2 Å². The largest absolute Gasteiger partial charge is 0.456 e. The molecule has 4 N–H and O–H groups in total. The van der Waals surface area contributed by atoms with Gasteiger partial charge in [0, 0.05) is 13.0 Å². The quantitative estimate of drug-likeness (QED) is 0.402. The number of H-pyrrole nitrogens is 1. The minimum absolute atomic E-state index is 0.0412. The minimum atomic E-state index is -0.377. The van der Waals surface area contributed by atoms with Gasteiger partial charge in [-0.1, -0.05) is 11.8 Å². The number of nitrogens with one attached hydrogen (secondary N) is 2. The van der Waals surface area contributed by atoms with Crippen LogP contribution in [0.4, 0.5) is 5.82 Å². The first-order valence-electron chi connectivity index (χ1n) is 6.30. The van der Waals surface area contributed by atoms with Crippen LogP contribution in [-0.2, 0) is 11.3 Å². The highest BCUT2D eigenvalue weighted by Gasteiger charge is 2.13. The molecule has 2 rings (SSSR count). The Morgan fingerprint density at radius 3 is 2.91 bits per heavy atom. The number of hydrogen-bond donors (Lipinski definition) is 3. The molecule has 0 atom stereocenters. The smallest absolute Gasteiger partial charge is 0.253 e. The van der Waals surface area contributed by atoms with Crippen LogP contribution >= 0.6 is 11.8 Å². The van der Waals surface area contributed by atoms with E-state index in [4.69, 9.17) is 10.2 Å². The third-order valence-electron chi connectivity index (χ3n) is 2.53. The van der Waals surface area contributed by atoms with E-state index in [9.17, 15) is 14.4 Å². The predicted octanol–water partition coefficient (Wildman–Crippen LogP) is 0.556. The van der Waals surface area contributed by atoms with Crippen molar-refractivity contribution in [2.75, 3.05) is 11.5 Å². The molecule has 22 heavy (non-hydrogen) atoms. The molecule has 0 saturated heterocycles. The van der Waals surface area contributed by atoms with E-state index in [1.54, 1.807) is 6.07 Å². The minimum Gasteiger partial charge on any atom is -0.456 e. The molecule has 0 bridgehead atoms. The first-order chi connectivity index (χ1) is 10.4. The van der Waals surface area contributed by atoms with Crippen LogP contribution in [0.2, 0.25) is 0 Å². The number of carbonyl (C=O) groups is 2. The molecular formula is C13H14N4O4S. The summed E-state index contributed by atoms with van der Waals surface area (Å²) in [5.74, 6) is 0.354. The zero-order chi connectivity index (χ0) is 16.1. The van der Waals surface area contributed by atoms with Gasteiger partial charge in [0.2, 0.25) is 11.7 Å². The highest BCUT2D eigenvalue weighted by molar-refractivity contribution is 7.99. The SMILES string of the molecule is CC(=O)NCc1ccc(C(=O)CSc2nc(N)cc(=O)[nH]2)o1. The topological polar surface area (TPSA) is 131 Å². The summed E-state index contributed by atoms with van der Waals surface area (Å²) in [7, 11) is 0. The number of Topliss-reactive ketones (excluding diaryl/α,β-unsaturated/α-hetero) is 1. The number of nitrogens with two attached hydrogens (primary N) is 1. The van der Waals surface area contributed by atoms with Crippen molar-refractivity contribution in [3.05, 3.63) is 40.1 Å². The molecule has 8 nitrogen and oxygen atoms in total. The molecule has 2 aromatic heterocycles. The van der Waals surface area contributed by atoms with Crippen LogP contribution in [0, 0.1) is 0 Å². The molecule has 116 valence electrons. The fourth-order valence-electron chi connectivity index (χ4n) is 1.56. The molecule has 1 amide bonds. The van der Waals surface area contributed by atoms with Gasteiger partial charge < -0.3 is 20.5 Å². The number of aromatic nitrogens is 2. The average Bonchev–Trinajstić information content (AvgIpc) is 2.90. The normalized spacial score (nSPS) is 10.4. The van der Waals surface area contributed by atoms with Gasteiger partial charge in [-0.3, -0.25) is 14.4 Å². The molecule has 0 radical (unpaired) electrons. The van der Waals surface area contributed by atoms with Gasteiger partial charge in [-0.05, 0) is 12.1 Å². The number of carbonyl (C=O) groups excluding carboxylic acids is 2. The van der Waals surface area contributed by atoms with E-state index in [1.807, 2.05) is 0 Å².